The SMILES string of the molecule is CCN1c2ncccc2OCC1Nc1ncc(C(F)(F)F)c(NC2CC2)n1. The monoisotopic (exact) mass is 380 g/mol. The fraction of sp³-hybridized carbons (Fsp3) is 0.471. The number of hydrogen-bond acceptors (Lipinski definition) is 7. The van der Waals surface area contributed by atoms with Crippen LogP contribution in [0, 0.1) is 0 Å². The third kappa shape index (κ3) is 3.69. The second kappa shape index (κ2) is 6.75. The van der Waals surface area contributed by atoms with E-state index in [-0.39, 0.29) is 24.0 Å². The van der Waals surface area contributed by atoms with Crippen molar-refractivity contribution in [3.05, 3.63) is 30.1 Å². The summed E-state index contributed by atoms with van der Waals surface area (Å²) in [5.41, 5.74) is -0.862. The van der Waals surface area contributed by atoms with Crippen molar-refractivity contribution in [1.29, 1.82) is 0 Å². The van der Waals surface area contributed by atoms with Gasteiger partial charge in [0.25, 0.3) is 0 Å². The van der Waals surface area contributed by atoms with Crippen molar-refractivity contribution in [3.8, 4) is 5.75 Å². The lowest BCUT2D eigenvalue weighted by Crippen LogP contribution is -2.48. The maximum absolute atomic E-state index is 13.2. The van der Waals surface area contributed by atoms with Crippen LogP contribution >= 0.6 is 0 Å². The summed E-state index contributed by atoms with van der Waals surface area (Å²) in [6.45, 7) is 2.90. The highest BCUT2D eigenvalue weighted by atomic mass is 19.4. The molecule has 2 aromatic rings. The maximum Gasteiger partial charge on any atom is 0.421 e. The quantitative estimate of drug-likeness (QED) is 0.825. The van der Waals surface area contributed by atoms with Gasteiger partial charge in [-0.25, -0.2) is 9.97 Å². The molecule has 0 radical (unpaired) electrons. The molecule has 27 heavy (non-hydrogen) atoms. The Morgan fingerprint density at radius 1 is 1.26 bits per heavy atom. The highest BCUT2D eigenvalue weighted by molar-refractivity contribution is 5.56. The van der Waals surface area contributed by atoms with E-state index in [0.29, 0.717) is 24.7 Å². The maximum atomic E-state index is 13.2. The number of nitrogens with one attached hydrogen (secondary N) is 2. The highest BCUT2D eigenvalue weighted by Crippen LogP contribution is 2.36. The van der Waals surface area contributed by atoms with Gasteiger partial charge in [-0.2, -0.15) is 18.2 Å². The number of aromatic nitrogens is 3. The molecule has 1 aliphatic heterocycles. The Bertz CT molecular complexity index is 827. The summed E-state index contributed by atoms with van der Waals surface area (Å²) in [6, 6.07) is 3.65. The Balaban J connectivity index is 1.58. The van der Waals surface area contributed by atoms with E-state index in [1.807, 2.05) is 17.9 Å². The van der Waals surface area contributed by atoms with Crippen LogP contribution in [0.3, 0.4) is 0 Å². The van der Waals surface area contributed by atoms with Crippen molar-refractivity contribution in [3.63, 3.8) is 0 Å². The molecule has 144 valence electrons. The molecular formula is C17H19F3N6O. The second-order valence-electron chi connectivity index (χ2n) is 6.45. The minimum absolute atomic E-state index is 0.0371. The normalized spacial score (nSPS) is 19.3. The van der Waals surface area contributed by atoms with Crippen LogP contribution in [0.2, 0.25) is 0 Å². The minimum Gasteiger partial charge on any atom is -0.486 e. The number of anilines is 3. The largest absolute Gasteiger partial charge is 0.486 e. The first-order valence-electron chi connectivity index (χ1n) is 8.77. The van der Waals surface area contributed by atoms with Gasteiger partial charge >= 0.3 is 6.18 Å². The minimum atomic E-state index is -4.51. The molecule has 4 rings (SSSR count). The van der Waals surface area contributed by atoms with E-state index in [1.54, 1.807) is 12.3 Å². The van der Waals surface area contributed by atoms with Crippen LogP contribution in [-0.4, -0.2) is 40.3 Å². The molecule has 10 heteroatoms. The number of halogens is 3. The molecule has 1 aliphatic carbocycles. The Morgan fingerprint density at radius 2 is 2.07 bits per heavy atom. The molecule has 0 saturated heterocycles. The van der Waals surface area contributed by atoms with E-state index in [1.165, 1.54) is 0 Å². The first kappa shape index (κ1) is 17.6. The third-order valence-corrected chi connectivity index (χ3v) is 4.44. The fourth-order valence-electron chi connectivity index (χ4n) is 2.95. The fourth-order valence-corrected chi connectivity index (χ4v) is 2.95. The van der Waals surface area contributed by atoms with Gasteiger partial charge < -0.3 is 20.3 Å². The number of ether oxygens (including phenoxy) is 1. The predicted octanol–water partition coefficient (Wildman–Crippen LogP) is 3.12. The van der Waals surface area contributed by atoms with Crippen molar-refractivity contribution in [2.24, 2.45) is 0 Å². The molecule has 2 N–H and O–H groups in total. The smallest absolute Gasteiger partial charge is 0.421 e. The van der Waals surface area contributed by atoms with Crippen molar-refractivity contribution in [2.75, 3.05) is 28.7 Å². The van der Waals surface area contributed by atoms with Gasteiger partial charge in [0.1, 0.15) is 24.2 Å². The Kier molecular flexibility index (Phi) is 4.40. The topological polar surface area (TPSA) is 75.2 Å². The lowest BCUT2D eigenvalue weighted by atomic mass is 10.3. The summed E-state index contributed by atoms with van der Waals surface area (Å²) < 4.78 is 45.3. The van der Waals surface area contributed by atoms with Crippen LogP contribution in [0.1, 0.15) is 25.3 Å². The molecule has 2 aliphatic rings. The summed E-state index contributed by atoms with van der Waals surface area (Å²) in [4.78, 5) is 14.2. The Hall–Kier alpha value is -2.78. The number of alkyl halides is 3. The average molecular weight is 380 g/mol. The number of fused-ring (bicyclic) bond motifs is 1. The van der Waals surface area contributed by atoms with Gasteiger partial charge in [-0.05, 0) is 31.9 Å². The number of likely N-dealkylation sites (N-methyl/N-ethyl adjacent to an activating group) is 1. The van der Waals surface area contributed by atoms with Gasteiger partial charge in [0.05, 0.1) is 0 Å². The van der Waals surface area contributed by atoms with E-state index in [2.05, 4.69) is 25.6 Å². The zero-order chi connectivity index (χ0) is 19.0. The molecule has 0 amide bonds. The van der Waals surface area contributed by atoms with Crippen LogP contribution in [0.25, 0.3) is 0 Å². The van der Waals surface area contributed by atoms with E-state index < -0.39 is 11.7 Å². The molecule has 1 unspecified atom stereocenters. The summed E-state index contributed by atoms with van der Waals surface area (Å²) in [7, 11) is 0. The van der Waals surface area contributed by atoms with E-state index in [0.717, 1.165) is 19.0 Å². The lowest BCUT2D eigenvalue weighted by molar-refractivity contribution is -0.137. The van der Waals surface area contributed by atoms with Gasteiger partial charge in [0, 0.05) is 25.0 Å². The second-order valence-corrected chi connectivity index (χ2v) is 6.45. The van der Waals surface area contributed by atoms with Crippen LogP contribution in [0.5, 0.6) is 5.75 Å². The molecule has 7 nitrogen and oxygen atoms in total. The third-order valence-electron chi connectivity index (χ3n) is 4.44. The number of hydrogen-bond donors (Lipinski definition) is 2. The average Bonchev–Trinajstić information content (AvgIpc) is 3.45. The summed E-state index contributed by atoms with van der Waals surface area (Å²) >= 11 is 0. The molecule has 1 atom stereocenters. The van der Waals surface area contributed by atoms with Crippen molar-refractivity contribution < 1.29 is 17.9 Å². The Morgan fingerprint density at radius 3 is 2.78 bits per heavy atom. The van der Waals surface area contributed by atoms with Gasteiger partial charge in [0.15, 0.2) is 11.6 Å². The molecule has 3 heterocycles. The Labute approximate surface area is 154 Å². The molecular weight excluding hydrogens is 361 g/mol. The van der Waals surface area contributed by atoms with Gasteiger partial charge in [-0.3, -0.25) is 0 Å². The van der Waals surface area contributed by atoms with Gasteiger partial charge in [0.2, 0.25) is 5.95 Å². The standard InChI is InChI=1S/C17H19F3N6O/c1-2-26-13(9-27-12-4-3-7-21-15(12)26)24-16-22-8-11(17(18,19)20)14(25-16)23-10-5-6-10/h3-4,7-8,10,13H,2,5-6,9H2,1H3,(H2,22,23,24,25). The van der Waals surface area contributed by atoms with Crippen LogP contribution in [-0.2, 0) is 6.18 Å². The number of rotatable bonds is 5. The van der Waals surface area contributed by atoms with Crippen LogP contribution in [0.15, 0.2) is 24.5 Å². The molecule has 0 spiro atoms. The van der Waals surface area contributed by atoms with Gasteiger partial charge in [-0.15, -0.1) is 0 Å². The van der Waals surface area contributed by atoms with Crippen molar-refractivity contribution >= 4 is 17.6 Å². The summed E-state index contributed by atoms with van der Waals surface area (Å²) in [5, 5.41) is 5.91. The van der Waals surface area contributed by atoms with E-state index in [9.17, 15) is 13.2 Å². The van der Waals surface area contributed by atoms with Crippen LogP contribution in [0.4, 0.5) is 30.8 Å². The molecule has 1 fully saturated rings. The zero-order valence-electron chi connectivity index (χ0n) is 14.6. The summed E-state index contributed by atoms with van der Waals surface area (Å²) in [5.74, 6) is 1.26. The molecule has 0 aromatic carbocycles. The molecule has 1 saturated carbocycles. The van der Waals surface area contributed by atoms with Crippen molar-refractivity contribution in [2.45, 2.75) is 38.1 Å². The first-order chi connectivity index (χ1) is 13.0. The summed E-state index contributed by atoms with van der Waals surface area (Å²) in [6.07, 6.45) is -0.699. The number of nitrogens with zero attached hydrogens (tertiary/aromatic N) is 4. The molecule has 2 aromatic heterocycles. The first-order valence-corrected chi connectivity index (χ1v) is 8.77. The van der Waals surface area contributed by atoms with Crippen molar-refractivity contribution in [1.82, 2.24) is 15.0 Å². The van der Waals surface area contributed by atoms with E-state index >= 15 is 0 Å². The lowest BCUT2D eigenvalue weighted by Gasteiger charge is -2.37. The van der Waals surface area contributed by atoms with Gasteiger partial charge in [-0.1, -0.05) is 0 Å². The molecule has 0 bridgehead atoms. The zero-order valence-corrected chi connectivity index (χ0v) is 14.6. The number of pyridine rings is 1. The van der Waals surface area contributed by atoms with E-state index in [4.69, 9.17) is 4.74 Å². The highest BCUT2D eigenvalue weighted by Gasteiger charge is 2.37. The predicted molar refractivity (Wildman–Crippen MR) is 93.8 cm³/mol. The van der Waals surface area contributed by atoms with Crippen LogP contribution < -0.4 is 20.3 Å².